The minimum Gasteiger partial charge on any atom is -0.305 e. The third-order valence-electron chi connectivity index (χ3n) is 4.82. The Morgan fingerprint density at radius 3 is 2.30 bits per heavy atom. The quantitative estimate of drug-likeness (QED) is 0.473. The summed E-state index contributed by atoms with van der Waals surface area (Å²) in [6.45, 7) is 2.22. The van der Waals surface area contributed by atoms with Crippen LogP contribution in [0.4, 0.5) is 19.0 Å². The van der Waals surface area contributed by atoms with Crippen LogP contribution in [0.15, 0.2) is 72.8 Å². The summed E-state index contributed by atoms with van der Waals surface area (Å²) in [6.07, 6.45) is -4.37. The Morgan fingerprint density at radius 1 is 0.967 bits per heavy atom. The second-order valence-electron chi connectivity index (χ2n) is 7.04. The van der Waals surface area contributed by atoms with Crippen LogP contribution >= 0.6 is 0 Å². The number of fused-ring (bicyclic) bond motifs is 1. The number of halogens is 3. The van der Waals surface area contributed by atoms with Gasteiger partial charge in [-0.1, -0.05) is 42.0 Å². The molecule has 3 aromatic carbocycles. The first-order valence-corrected chi connectivity index (χ1v) is 9.31. The van der Waals surface area contributed by atoms with Crippen molar-refractivity contribution in [2.45, 2.75) is 19.6 Å². The summed E-state index contributed by atoms with van der Waals surface area (Å²) in [5, 5.41) is 8.09. The van der Waals surface area contributed by atoms with Crippen LogP contribution in [0, 0.1) is 6.92 Å². The number of anilines is 1. The average Bonchev–Trinajstić information content (AvgIpc) is 3.05. The molecular weight excluding hydrogens is 391 g/mol. The molecule has 1 heterocycles. The Morgan fingerprint density at radius 2 is 1.63 bits per heavy atom. The van der Waals surface area contributed by atoms with Crippen molar-refractivity contribution in [1.82, 2.24) is 9.78 Å². The van der Waals surface area contributed by atoms with Crippen LogP contribution in [0.25, 0.3) is 10.9 Å². The molecule has 1 amide bonds. The molecule has 4 aromatic rings. The highest BCUT2D eigenvalue weighted by Gasteiger charge is 2.30. The molecule has 0 aliphatic heterocycles. The van der Waals surface area contributed by atoms with E-state index in [9.17, 15) is 18.0 Å². The lowest BCUT2D eigenvalue weighted by Crippen LogP contribution is -2.13. The van der Waals surface area contributed by atoms with Gasteiger partial charge in [0.25, 0.3) is 5.91 Å². The molecular formula is C23H18F3N3O. The zero-order valence-corrected chi connectivity index (χ0v) is 16.1. The molecule has 4 rings (SSSR count). The van der Waals surface area contributed by atoms with E-state index in [0.29, 0.717) is 16.9 Å². The summed E-state index contributed by atoms with van der Waals surface area (Å²) in [5.41, 5.74) is 2.33. The molecule has 1 aromatic heterocycles. The van der Waals surface area contributed by atoms with Gasteiger partial charge in [0.05, 0.1) is 17.6 Å². The van der Waals surface area contributed by atoms with Crippen molar-refractivity contribution < 1.29 is 18.0 Å². The molecule has 7 heteroatoms. The Balaban J connectivity index is 1.62. The summed E-state index contributed by atoms with van der Waals surface area (Å²) in [6, 6.07) is 19.6. The van der Waals surface area contributed by atoms with Crippen molar-refractivity contribution in [3.63, 3.8) is 0 Å². The third-order valence-corrected chi connectivity index (χ3v) is 4.82. The zero-order valence-electron chi connectivity index (χ0n) is 16.1. The van der Waals surface area contributed by atoms with E-state index >= 15 is 0 Å². The fraction of sp³-hybridized carbons (Fsp3) is 0.130. The van der Waals surface area contributed by atoms with E-state index in [2.05, 4.69) is 10.4 Å². The monoisotopic (exact) mass is 409 g/mol. The molecule has 1 N–H and O–H groups in total. The number of amides is 1. The lowest BCUT2D eigenvalue weighted by atomic mass is 10.1. The van der Waals surface area contributed by atoms with Crippen LogP contribution in [0.1, 0.15) is 27.0 Å². The summed E-state index contributed by atoms with van der Waals surface area (Å²) in [5.74, 6) is 0.128. The Labute approximate surface area is 171 Å². The predicted molar refractivity (Wildman–Crippen MR) is 109 cm³/mol. The highest BCUT2D eigenvalue weighted by Crippen LogP contribution is 2.29. The fourth-order valence-electron chi connectivity index (χ4n) is 3.20. The van der Waals surface area contributed by atoms with Gasteiger partial charge in [-0.15, -0.1) is 0 Å². The van der Waals surface area contributed by atoms with E-state index in [0.717, 1.165) is 28.6 Å². The summed E-state index contributed by atoms with van der Waals surface area (Å²) in [7, 11) is 0. The van der Waals surface area contributed by atoms with E-state index < -0.39 is 11.7 Å². The van der Waals surface area contributed by atoms with Gasteiger partial charge in [0, 0.05) is 10.9 Å². The second kappa shape index (κ2) is 7.67. The molecule has 0 saturated carbocycles. The molecule has 0 aliphatic carbocycles. The second-order valence-corrected chi connectivity index (χ2v) is 7.04. The van der Waals surface area contributed by atoms with E-state index in [4.69, 9.17) is 0 Å². The van der Waals surface area contributed by atoms with Crippen molar-refractivity contribution in [2.24, 2.45) is 0 Å². The van der Waals surface area contributed by atoms with Crippen molar-refractivity contribution in [3.05, 3.63) is 95.1 Å². The van der Waals surface area contributed by atoms with Gasteiger partial charge in [-0.2, -0.15) is 18.3 Å². The number of rotatable bonds is 4. The van der Waals surface area contributed by atoms with Crippen molar-refractivity contribution in [3.8, 4) is 0 Å². The van der Waals surface area contributed by atoms with Crippen molar-refractivity contribution >= 4 is 22.6 Å². The largest absolute Gasteiger partial charge is 0.416 e. The molecule has 0 saturated heterocycles. The van der Waals surface area contributed by atoms with E-state index in [-0.39, 0.29) is 12.5 Å². The summed E-state index contributed by atoms with van der Waals surface area (Å²) < 4.78 is 40.0. The molecule has 0 spiro atoms. The van der Waals surface area contributed by atoms with Gasteiger partial charge in [0.15, 0.2) is 5.82 Å². The molecule has 152 valence electrons. The molecule has 0 aliphatic rings. The van der Waals surface area contributed by atoms with Gasteiger partial charge in [0.2, 0.25) is 0 Å². The summed E-state index contributed by atoms with van der Waals surface area (Å²) >= 11 is 0. The molecule has 0 radical (unpaired) electrons. The molecule has 30 heavy (non-hydrogen) atoms. The first-order valence-electron chi connectivity index (χ1n) is 9.31. The maximum Gasteiger partial charge on any atom is 0.416 e. The fourth-order valence-corrected chi connectivity index (χ4v) is 3.20. The number of carbonyl (C=O) groups is 1. The normalized spacial score (nSPS) is 11.6. The van der Waals surface area contributed by atoms with Crippen LogP contribution in [0.2, 0.25) is 0 Å². The smallest absolute Gasteiger partial charge is 0.305 e. The van der Waals surface area contributed by atoms with Crippen LogP contribution < -0.4 is 5.32 Å². The lowest BCUT2D eigenvalue weighted by Gasteiger charge is -2.08. The highest BCUT2D eigenvalue weighted by atomic mass is 19.4. The van der Waals surface area contributed by atoms with E-state index in [1.165, 1.54) is 12.1 Å². The Hall–Kier alpha value is -3.61. The number of benzene rings is 3. The number of aromatic nitrogens is 2. The molecule has 0 unspecified atom stereocenters. The maximum atomic E-state index is 12.8. The molecule has 0 fully saturated rings. The molecule has 0 atom stereocenters. The van der Waals surface area contributed by atoms with Crippen LogP contribution in [0.5, 0.6) is 0 Å². The molecule has 4 nitrogen and oxygen atoms in total. The number of hydrogen-bond acceptors (Lipinski definition) is 2. The SMILES string of the molecule is Cc1ccc(C(=O)Nc2nn(Cc3ccc(C(F)(F)F)cc3)c3ccccc23)cc1. The third kappa shape index (κ3) is 4.05. The number of hydrogen-bond donors (Lipinski definition) is 1. The average molecular weight is 409 g/mol. The van der Waals surface area contributed by atoms with Gasteiger partial charge in [-0.05, 0) is 48.9 Å². The molecule has 0 bridgehead atoms. The number of nitrogens with one attached hydrogen (secondary N) is 1. The summed E-state index contributed by atoms with van der Waals surface area (Å²) in [4.78, 5) is 12.6. The number of alkyl halides is 3. The van der Waals surface area contributed by atoms with Gasteiger partial charge in [-0.3, -0.25) is 9.48 Å². The Bertz CT molecular complexity index is 1190. The predicted octanol–water partition coefficient (Wildman–Crippen LogP) is 5.66. The number of carbonyl (C=O) groups excluding carboxylic acids is 1. The Kier molecular flexibility index (Phi) is 5.03. The van der Waals surface area contributed by atoms with Gasteiger partial charge >= 0.3 is 6.18 Å². The highest BCUT2D eigenvalue weighted by molar-refractivity contribution is 6.07. The van der Waals surface area contributed by atoms with Gasteiger partial charge in [0.1, 0.15) is 0 Å². The van der Waals surface area contributed by atoms with Crippen molar-refractivity contribution in [2.75, 3.05) is 5.32 Å². The first-order chi connectivity index (χ1) is 14.3. The first kappa shape index (κ1) is 19.7. The van der Waals surface area contributed by atoms with Crippen molar-refractivity contribution in [1.29, 1.82) is 0 Å². The minimum absolute atomic E-state index is 0.277. The topological polar surface area (TPSA) is 46.9 Å². The minimum atomic E-state index is -4.37. The van der Waals surface area contributed by atoms with E-state index in [1.807, 2.05) is 43.3 Å². The number of nitrogens with zero attached hydrogens (tertiary/aromatic N) is 2. The lowest BCUT2D eigenvalue weighted by molar-refractivity contribution is -0.137. The maximum absolute atomic E-state index is 12.8. The van der Waals surface area contributed by atoms with Gasteiger partial charge < -0.3 is 5.32 Å². The van der Waals surface area contributed by atoms with Crippen LogP contribution in [-0.2, 0) is 12.7 Å². The van der Waals surface area contributed by atoms with Gasteiger partial charge in [-0.25, -0.2) is 0 Å². The van der Waals surface area contributed by atoms with Crippen LogP contribution in [-0.4, -0.2) is 15.7 Å². The van der Waals surface area contributed by atoms with E-state index in [1.54, 1.807) is 16.8 Å². The zero-order chi connectivity index (χ0) is 21.3. The number of aryl methyl sites for hydroxylation is 1. The number of para-hydroxylation sites is 1. The standard InChI is InChI=1S/C23H18F3N3O/c1-15-6-10-17(11-7-15)22(30)27-21-19-4-2-3-5-20(19)29(28-21)14-16-8-12-18(13-9-16)23(24,25)26/h2-13H,14H2,1H3,(H,27,28,30). The van der Waals surface area contributed by atoms with Crippen LogP contribution in [0.3, 0.4) is 0 Å².